The maximum atomic E-state index is 12.9. The molecule has 1 amide bonds. The van der Waals surface area contributed by atoms with Gasteiger partial charge in [-0.05, 0) is 74.4 Å². The van der Waals surface area contributed by atoms with Gasteiger partial charge in [0.05, 0.1) is 24.2 Å². The highest BCUT2D eigenvalue weighted by molar-refractivity contribution is 7.89. The average Bonchev–Trinajstić information content (AvgIpc) is 3.33. The van der Waals surface area contributed by atoms with E-state index < -0.39 is 10.0 Å². The van der Waals surface area contributed by atoms with E-state index >= 15 is 0 Å². The Morgan fingerprint density at radius 2 is 1.88 bits per heavy atom. The Bertz CT molecular complexity index is 1070. The zero-order chi connectivity index (χ0) is 23.3. The summed E-state index contributed by atoms with van der Waals surface area (Å²) in [6.07, 6.45) is 5.83. The number of amides is 1. The lowest BCUT2D eigenvalue weighted by Crippen LogP contribution is -2.40. The number of anilines is 1. The predicted octanol–water partition coefficient (Wildman–Crippen LogP) is 3.91. The van der Waals surface area contributed by atoms with Gasteiger partial charge in [-0.15, -0.1) is 0 Å². The van der Waals surface area contributed by atoms with Gasteiger partial charge in [0.1, 0.15) is 5.75 Å². The highest BCUT2D eigenvalue weighted by atomic mass is 32.2. The van der Waals surface area contributed by atoms with Crippen LogP contribution in [0, 0.1) is 6.92 Å². The average molecular weight is 473 g/mol. The lowest BCUT2D eigenvalue weighted by Gasteiger charge is -2.26. The standard InChI is InChI=1S/C25H32N2O5S/c1-19-9-11-23(33(29,30)27-13-15-31-16-14-27)18-24(19)26-25(28)12-10-20-5-4-8-22(17-20)32-21-6-2-3-7-21/h4-5,8-9,11,17-18,21H,2-3,6-7,10,12-16H2,1H3,(H,26,28). The molecule has 8 heteroatoms. The number of morpholine rings is 1. The molecule has 0 radical (unpaired) electrons. The molecule has 2 aromatic rings. The maximum Gasteiger partial charge on any atom is 0.243 e. The number of rotatable bonds is 8. The zero-order valence-corrected chi connectivity index (χ0v) is 19.9. The minimum atomic E-state index is -3.62. The Kier molecular flexibility index (Phi) is 7.67. The molecule has 0 bridgehead atoms. The second kappa shape index (κ2) is 10.7. The molecule has 178 valence electrons. The molecule has 1 saturated heterocycles. The summed E-state index contributed by atoms with van der Waals surface area (Å²) in [5.41, 5.74) is 2.38. The van der Waals surface area contributed by atoms with Crippen LogP contribution in [0.3, 0.4) is 0 Å². The first-order chi connectivity index (χ1) is 15.9. The van der Waals surface area contributed by atoms with E-state index in [0.717, 1.165) is 29.7 Å². The Hall–Kier alpha value is -2.42. The van der Waals surface area contributed by atoms with E-state index in [9.17, 15) is 13.2 Å². The molecule has 1 heterocycles. The minimum Gasteiger partial charge on any atom is -0.490 e. The summed E-state index contributed by atoms with van der Waals surface area (Å²) in [4.78, 5) is 12.8. The molecule has 0 unspecified atom stereocenters. The molecular formula is C25H32N2O5S. The van der Waals surface area contributed by atoms with Crippen molar-refractivity contribution in [3.05, 3.63) is 53.6 Å². The van der Waals surface area contributed by atoms with Crippen LogP contribution in [0.1, 0.15) is 43.2 Å². The number of nitrogens with one attached hydrogen (secondary N) is 1. The summed E-state index contributed by atoms with van der Waals surface area (Å²) in [5, 5.41) is 2.89. The van der Waals surface area contributed by atoms with Crippen LogP contribution in [0.4, 0.5) is 5.69 Å². The van der Waals surface area contributed by atoms with Crippen molar-refractivity contribution < 1.29 is 22.7 Å². The third kappa shape index (κ3) is 6.13. The number of carbonyl (C=O) groups excluding carboxylic acids is 1. The molecule has 1 saturated carbocycles. The van der Waals surface area contributed by atoms with Crippen LogP contribution in [0.5, 0.6) is 5.75 Å². The van der Waals surface area contributed by atoms with Gasteiger partial charge in [0.15, 0.2) is 0 Å². The summed E-state index contributed by atoms with van der Waals surface area (Å²) in [5.74, 6) is 0.706. The second-order valence-corrected chi connectivity index (χ2v) is 10.7. The van der Waals surface area contributed by atoms with E-state index in [1.165, 1.54) is 17.1 Å². The fraction of sp³-hybridized carbons (Fsp3) is 0.480. The molecule has 1 aliphatic carbocycles. The van der Waals surface area contributed by atoms with Crippen molar-refractivity contribution >= 4 is 21.6 Å². The Labute approximate surface area is 196 Å². The Morgan fingerprint density at radius 1 is 1.12 bits per heavy atom. The van der Waals surface area contributed by atoms with Gasteiger partial charge in [-0.25, -0.2) is 8.42 Å². The summed E-state index contributed by atoms with van der Waals surface area (Å²) in [6, 6.07) is 12.8. The van der Waals surface area contributed by atoms with Crippen LogP contribution in [-0.4, -0.2) is 51.0 Å². The number of hydrogen-bond donors (Lipinski definition) is 1. The summed E-state index contributed by atoms with van der Waals surface area (Å²) in [7, 11) is -3.62. The second-order valence-electron chi connectivity index (χ2n) is 8.71. The van der Waals surface area contributed by atoms with E-state index in [2.05, 4.69) is 5.32 Å². The number of benzene rings is 2. The van der Waals surface area contributed by atoms with E-state index in [-0.39, 0.29) is 10.8 Å². The van der Waals surface area contributed by atoms with Gasteiger partial charge >= 0.3 is 0 Å². The summed E-state index contributed by atoms with van der Waals surface area (Å²) >= 11 is 0. The molecule has 33 heavy (non-hydrogen) atoms. The van der Waals surface area contributed by atoms with Gasteiger partial charge in [-0.1, -0.05) is 18.2 Å². The molecule has 0 aromatic heterocycles. The van der Waals surface area contributed by atoms with Crippen molar-refractivity contribution in [2.24, 2.45) is 0 Å². The first-order valence-electron chi connectivity index (χ1n) is 11.7. The first-order valence-corrected chi connectivity index (χ1v) is 13.1. The zero-order valence-electron chi connectivity index (χ0n) is 19.1. The van der Waals surface area contributed by atoms with Crippen molar-refractivity contribution in [1.82, 2.24) is 4.31 Å². The van der Waals surface area contributed by atoms with Crippen molar-refractivity contribution in [1.29, 1.82) is 0 Å². The van der Waals surface area contributed by atoms with Gasteiger partial charge in [0, 0.05) is 25.2 Å². The maximum absolute atomic E-state index is 12.9. The third-order valence-electron chi connectivity index (χ3n) is 6.24. The van der Waals surface area contributed by atoms with E-state index in [1.54, 1.807) is 18.2 Å². The van der Waals surface area contributed by atoms with Crippen molar-refractivity contribution in [2.45, 2.75) is 56.4 Å². The monoisotopic (exact) mass is 472 g/mol. The SMILES string of the molecule is Cc1ccc(S(=O)(=O)N2CCOCC2)cc1NC(=O)CCc1cccc(OC2CCCC2)c1. The molecule has 0 spiro atoms. The number of hydrogen-bond acceptors (Lipinski definition) is 5. The predicted molar refractivity (Wildman–Crippen MR) is 127 cm³/mol. The Morgan fingerprint density at radius 3 is 2.64 bits per heavy atom. The van der Waals surface area contributed by atoms with Crippen molar-refractivity contribution in [2.75, 3.05) is 31.6 Å². The number of carbonyl (C=O) groups is 1. The van der Waals surface area contributed by atoms with Crippen molar-refractivity contribution in [3.8, 4) is 5.75 Å². The molecule has 2 aliphatic rings. The smallest absolute Gasteiger partial charge is 0.243 e. The van der Waals surface area contributed by atoms with Gasteiger partial charge < -0.3 is 14.8 Å². The molecule has 1 aliphatic heterocycles. The van der Waals surface area contributed by atoms with Crippen LogP contribution < -0.4 is 10.1 Å². The highest BCUT2D eigenvalue weighted by Crippen LogP contribution is 2.26. The number of ether oxygens (including phenoxy) is 2. The lowest BCUT2D eigenvalue weighted by molar-refractivity contribution is -0.116. The van der Waals surface area contributed by atoms with E-state index in [4.69, 9.17) is 9.47 Å². The largest absolute Gasteiger partial charge is 0.490 e. The van der Waals surface area contributed by atoms with Gasteiger partial charge in [0.2, 0.25) is 15.9 Å². The molecule has 2 aromatic carbocycles. The van der Waals surface area contributed by atoms with Crippen molar-refractivity contribution in [3.63, 3.8) is 0 Å². The fourth-order valence-corrected chi connectivity index (χ4v) is 5.71. The van der Waals surface area contributed by atoms with Crippen LogP contribution in [0.15, 0.2) is 47.4 Å². The molecular weight excluding hydrogens is 440 g/mol. The normalized spacial score (nSPS) is 17.7. The Balaban J connectivity index is 1.37. The first kappa shape index (κ1) is 23.7. The highest BCUT2D eigenvalue weighted by Gasteiger charge is 2.27. The van der Waals surface area contributed by atoms with Gasteiger partial charge in [-0.3, -0.25) is 4.79 Å². The number of sulfonamides is 1. The minimum absolute atomic E-state index is 0.152. The van der Waals surface area contributed by atoms with Crippen LogP contribution in [-0.2, 0) is 26.0 Å². The summed E-state index contributed by atoms with van der Waals surface area (Å²) < 4.78 is 38.6. The number of nitrogens with zero attached hydrogens (tertiary/aromatic N) is 1. The molecule has 4 rings (SSSR count). The fourth-order valence-electron chi connectivity index (χ4n) is 4.28. The topological polar surface area (TPSA) is 84.9 Å². The molecule has 1 N–H and O–H groups in total. The third-order valence-corrected chi connectivity index (χ3v) is 8.13. The molecule has 2 fully saturated rings. The lowest BCUT2D eigenvalue weighted by atomic mass is 10.1. The number of aryl methyl sites for hydroxylation is 2. The van der Waals surface area contributed by atoms with Gasteiger partial charge in [-0.2, -0.15) is 4.31 Å². The quantitative estimate of drug-likeness (QED) is 0.630. The van der Waals surface area contributed by atoms with Crippen LogP contribution in [0.25, 0.3) is 0 Å². The van der Waals surface area contributed by atoms with Crippen LogP contribution in [0.2, 0.25) is 0 Å². The molecule has 0 atom stereocenters. The summed E-state index contributed by atoms with van der Waals surface area (Å²) in [6.45, 7) is 3.30. The van der Waals surface area contributed by atoms with E-state index in [0.29, 0.717) is 50.9 Å². The van der Waals surface area contributed by atoms with Gasteiger partial charge in [0.25, 0.3) is 0 Å². The molecule has 7 nitrogen and oxygen atoms in total. The van der Waals surface area contributed by atoms with E-state index in [1.807, 2.05) is 31.2 Å². The van der Waals surface area contributed by atoms with Crippen LogP contribution >= 0.6 is 0 Å².